The number of nitrogen functional groups attached to an aromatic ring is 1. The van der Waals surface area contributed by atoms with Crippen molar-refractivity contribution >= 4 is 5.69 Å². The molecule has 0 amide bonds. The summed E-state index contributed by atoms with van der Waals surface area (Å²) >= 11 is 0. The molecule has 2 heteroatoms. The molecule has 0 atom stereocenters. The normalized spacial score (nSPS) is 8.27. The molecule has 0 aliphatic rings. The van der Waals surface area contributed by atoms with E-state index in [9.17, 15) is 0 Å². The van der Waals surface area contributed by atoms with Crippen molar-refractivity contribution in [2.75, 3.05) is 19.8 Å². The second-order valence-electron chi connectivity index (χ2n) is 2.41. The SMILES string of the molecule is CNC.Cc1ccc(N)cc1. The van der Waals surface area contributed by atoms with Gasteiger partial charge in [-0.15, -0.1) is 0 Å². The van der Waals surface area contributed by atoms with E-state index < -0.39 is 0 Å². The highest BCUT2D eigenvalue weighted by atomic mass is 14.7. The van der Waals surface area contributed by atoms with Crippen molar-refractivity contribution in [1.29, 1.82) is 0 Å². The van der Waals surface area contributed by atoms with Gasteiger partial charge in [0, 0.05) is 5.69 Å². The fourth-order valence-corrected chi connectivity index (χ4v) is 0.566. The van der Waals surface area contributed by atoms with Gasteiger partial charge in [-0.1, -0.05) is 17.7 Å². The molecule has 62 valence electrons. The van der Waals surface area contributed by atoms with Gasteiger partial charge in [0.2, 0.25) is 0 Å². The van der Waals surface area contributed by atoms with Gasteiger partial charge in [-0.2, -0.15) is 0 Å². The van der Waals surface area contributed by atoms with Crippen molar-refractivity contribution in [3.05, 3.63) is 29.8 Å². The van der Waals surface area contributed by atoms with Crippen LogP contribution in [0, 0.1) is 6.92 Å². The number of hydrogen-bond acceptors (Lipinski definition) is 2. The molecule has 0 heterocycles. The molecule has 1 rings (SSSR count). The zero-order chi connectivity index (χ0) is 8.69. The summed E-state index contributed by atoms with van der Waals surface area (Å²) < 4.78 is 0. The summed E-state index contributed by atoms with van der Waals surface area (Å²) in [5.74, 6) is 0. The fourth-order valence-electron chi connectivity index (χ4n) is 0.566. The van der Waals surface area contributed by atoms with E-state index >= 15 is 0 Å². The quantitative estimate of drug-likeness (QED) is 0.552. The first-order chi connectivity index (χ1) is 5.20. The lowest BCUT2D eigenvalue weighted by Gasteiger charge is -1.90. The third kappa shape index (κ3) is 5.43. The van der Waals surface area contributed by atoms with Crippen LogP contribution in [0.5, 0.6) is 0 Å². The summed E-state index contributed by atoms with van der Waals surface area (Å²) in [5, 5.41) is 2.75. The highest BCUT2D eigenvalue weighted by molar-refractivity contribution is 5.38. The molecule has 0 aliphatic heterocycles. The Bertz CT molecular complexity index is 158. The van der Waals surface area contributed by atoms with Crippen molar-refractivity contribution in [2.24, 2.45) is 0 Å². The van der Waals surface area contributed by atoms with Gasteiger partial charge in [-0.25, -0.2) is 0 Å². The number of nitrogens with one attached hydrogen (secondary N) is 1. The lowest BCUT2D eigenvalue weighted by atomic mass is 10.2. The largest absolute Gasteiger partial charge is 0.399 e. The van der Waals surface area contributed by atoms with Crippen LogP contribution >= 0.6 is 0 Å². The van der Waals surface area contributed by atoms with E-state index in [0.29, 0.717) is 0 Å². The Morgan fingerprint density at radius 2 is 1.45 bits per heavy atom. The molecule has 0 radical (unpaired) electrons. The van der Waals surface area contributed by atoms with Crippen molar-refractivity contribution in [3.63, 3.8) is 0 Å². The standard InChI is InChI=1S/C7H9N.C2H7N/c1-6-2-4-7(8)5-3-6;1-3-2/h2-5H,8H2,1H3;3H,1-2H3. The molecule has 2 nitrogen and oxygen atoms in total. The maximum absolute atomic E-state index is 5.43. The first-order valence-electron chi connectivity index (χ1n) is 3.61. The summed E-state index contributed by atoms with van der Waals surface area (Å²) in [6.45, 7) is 2.04. The molecule has 0 aliphatic carbocycles. The number of rotatable bonds is 0. The minimum absolute atomic E-state index is 0.829. The first-order valence-corrected chi connectivity index (χ1v) is 3.61. The summed E-state index contributed by atoms with van der Waals surface area (Å²) in [6.07, 6.45) is 0. The van der Waals surface area contributed by atoms with Crippen molar-refractivity contribution < 1.29 is 0 Å². The number of hydrogen-bond donors (Lipinski definition) is 2. The smallest absolute Gasteiger partial charge is 0.0314 e. The number of anilines is 1. The third-order valence-corrected chi connectivity index (χ3v) is 1.08. The Morgan fingerprint density at radius 1 is 1.09 bits per heavy atom. The zero-order valence-electron chi connectivity index (χ0n) is 7.39. The average molecular weight is 152 g/mol. The molecule has 0 spiro atoms. The Kier molecular flexibility index (Phi) is 5.21. The molecular weight excluding hydrogens is 136 g/mol. The molecule has 1 aromatic rings. The van der Waals surface area contributed by atoms with Crippen LogP contribution in [0.2, 0.25) is 0 Å². The summed E-state index contributed by atoms with van der Waals surface area (Å²) in [6, 6.07) is 7.79. The van der Waals surface area contributed by atoms with Crippen LogP contribution < -0.4 is 11.1 Å². The molecule has 3 N–H and O–H groups in total. The van der Waals surface area contributed by atoms with E-state index in [1.54, 1.807) is 0 Å². The lowest BCUT2D eigenvalue weighted by molar-refractivity contribution is 1.02. The van der Waals surface area contributed by atoms with Crippen molar-refractivity contribution in [3.8, 4) is 0 Å². The summed E-state index contributed by atoms with van der Waals surface area (Å²) in [5.41, 5.74) is 7.51. The van der Waals surface area contributed by atoms with Gasteiger partial charge >= 0.3 is 0 Å². The summed E-state index contributed by atoms with van der Waals surface area (Å²) in [4.78, 5) is 0. The number of aryl methyl sites for hydroxylation is 1. The highest BCUT2D eigenvalue weighted by Gasteiger charge is 1.80. The number of benzene rings is 1. The van der Waals surface area contributed by atoms with Gasteiger partial charge < -0.3 is 11.1 Å². The Morgan fingerprint density at radius 3 is 1.73 bits per heavy atom. The third-order valence-electron chi connectivity index (χ3n) is 1.08. The molecule has 0 unspecified atom stereocenters. The number of nitrogens with two attached hydrogens (primary N) is 1. The van der Waals surface area contributed by atoms with Gasteiger partial charge in [0.15, 0.2) is 0 Å². The van der Waals surface area contributed by atoms with E-state index in [1.165, 1.54) is 5.56 Å². The molecule has 1 aromatic carbocycles. The van der Waals surface area contributed by atoms with Crippen LogP contribution in [0.25, 0.3) is 0 Å². The van der Waals surface area contributed by atoms with Crippen LogP contribution in [0.3, 0.4) is 0 Å². The lowest BCUT2D eigenvalue weighted by Crippen LogP contribution is -1.89. The Hall–Kier alpha value is -1.02. The van der Waals surface area contributed by atoms with E-state index in [4.69, 9.17) is 5.73 Å². The van der Waals surface area contributed by atoms with Crippen molar-refractivity contribution in [2.45, 2.75) is 6.92 Å². The topological polar surface area (TPSA) is 38.0 Å². The minimum atomic E-state index is 0.829. The van der Waals surface area contributed by atoms with Gasteiger partial charge in [0.1, 0.15) is 0 Å². The molecule has 11 heavy (non-hydrogen) atoms. The molecule has 0 bridgehead atoms. The zero-order valence-corrected chi connectivity index (χ0v) is 7.39. The monoisotopic (exact) mass is 152 g/mol. The van der Waals surface area contributed by atoms with Crippen LogP contribution in [-0.2, 0) is 0 Å². The van der Waals surface area contributed by atoms with E-state index in [1.807, 2.05) is 45.3 Å². The van der Waals surface area contributed by atoms with Crippen LogP contribution in [0.1, 0.15) is 5.56 Å². The average Bonchev–Trinajstić information content (AvgIpc) is 1.97. The molecule has 0 saturated carbocycles. The maximum Gasteiger partial charge on any atom is 0.0314 e. The maximum atomic E-state index is 5.43. The molecular formula is C9H16N2. The van der Waals surface area contributed by atoms with Crippen LogP contribution in [0.4, 0.5) is 5.69 Å². The van der Waals surface area contributed by atoms with Gasteiger partial charge in [-0.05, 0) is 33.2 Å². The van der Waals surface area contributed by atoms with E-state index in [2.05, 4.69) is 5.32 Å². The van der Waals surface area contributed by atoms with Gasteiger partial charge in [0.05, 0.1) is 0 Å². The van der Waals surface area contributed by atoms with E-state index in [-0.39, 0.29) is 0 Å². The molecule has 0 aromatic heterocycles. The van der Waals surface area contributed by atoms with Gasteiger partial charge in [-0.3, -0.25) is 0 Å². The van der Waals surface area contributed by atoms with E-state index in [0.717, 1.165) is 5.69 Å². The van der Waals surface area contributed by atoms with Gasteiger partial charge in [0.25, 0.3) is 0 Å². The first kappa shape index (κ1) is 9.98. The Balaban J connectivity index is 0.000000292. The second kappa shape index (κ2) is 5.74. The predicted octanol–water partition coefficient (Wildman–Crippen LogP) is 1.41. The highest BCUT2D eigenvalue weighted by Crippen LogP contribution is 2.02. The second-order valence-corrected chi connectivity index (χ2v) is 2.41. The molecule has 0 saturated heterocycles. The Labute approximate surface area is 68.4 Å². The van der Waals surface area contributed by atoms with Crippen molar-refractivity contribution in [1.82, 2.24) is 5.32 Å². The predicted molar refractivity (Wildman–Crippen MR) is 50.6 cm³/mol. The summed E-state index contributed by atoms with van der Waals surface area (Å²) in [7, 11) is 3.75. The molecule has 0 fully saturated rings. The van der Waals surface area contributed by atoms with Crippen LogP contribution in [-0.4, -0.2) is 14.1 Å². The fraction of sp³-hybridized carbons (Fsp3) is 0.333. The minimum Gasteiger partial charge on any atom is -0.399 e. The van der Waals surface area contributed by atoms with Crippen LogP contribution in [0.15, 0.2) is 24.3 Å².